The normalized spacial score (nSPS) is 19.2. The molecule has 1 aromatic carbocycles. The number of aryl methyl sites for hydroxylation is 1. The summed E-state index contributed by atoms with van der Waals surface area (Å²) < 4.78 is 29.1. The van der Waals surface area contributed by atoms with Crippen molar-refractivity contribution in [2.45, 2.75) is 52.5 Å². The monoisotopic (exact) mass is 382 g/mol. The minimum Gasteiger partial charge on any atom is -0.473 e. The van der Waals surface area contributed by atoms with Crippen molar-refractivity contribution in [1.82, 2.24) is 10.2 Å². The van der Waals surface area contributed by atoms with Crippen LogP contribution in [0.25, 0.3) is 0 Å². The molecule has 2 amide bonds. The minimum absolute atomic E-state index is 0.0426. The summed E-state index contributed by atoms with van der Waals surface area (Å²) >= 11 is 0. The Kier molecular flexibility index (Phi) is 6.21. The number of ether oxygens (including phenoxy) is 1. The number of benzene rings is 1. The molecule has 0 aromatic heterocycles. The number of nitrogens with one attached hydrogen (secondary N) is 1. The summed E-state index contributed by atoms with van der Waals surface area (Å²) in [6.45, 7) is 10.7. The molecule has 0 aliphatic carbocycles. The lowest BCUT2D eigenvalue weighted by atomic mass is 9.85. The molecule has 0 radical (unpaired) electrons. The van der Waals surface area contributed by atoms with Crippen molar-refractivity contribution in [2.24, 2.45) is 0 Å². The highest BCUT2D eigenvalue weighted by molar-refractivity contribution is 7.91. The van der Waals surface area contributed by atoms with Gasteiger partial charge in [0.25, 0.3) is 0 Å². The van der Waals surface area contributed by atoms with E-state index in [-0.39, 0.29) is 35.7 Å². The summed E-state index contributed by atoms with van der Waals surface area (Å²) in [4.78, 5) is 14.0. The number of carbonyl (C=O) groups excluding carboxylic acids is 1. The maximum absolute atomic E-state index is 12.4. The fourth-order valence-electron chi connectivity index (χ4n) is 3.22. The molecule has 1 unspecified atom stereocenters. The number of sulfone groups is 1. The lowest BCUT2D eigenvalue weighted by molar-refractivity contribution is 0.171. The molecule has 0 bridgehead atoms. The van der Waals surface area contributed by atoms with Gasteiger partial charge in [-0.15, -0.1) is 0 Å². The van der Waals surface area contributed by atoms with Crippen molar-refractivity contribution in [3.05, 3.63) is 29.3 Å². The first-order chi connectivity index (χ1) is 12.0. The molecule has 1 fully saturated rings. The Morgan fingerprint density at radius 2 is 2.04 bits per heavy atom. The third kappa shape index (κ3) is 5.13. The number of carbonyl (C=O) groups is 1. The second-order valence-corrected chi connectivity index (χ2v) is 10.1. The van der Waals surface area contributed by atoms with E-state index in [0.717, 1.165) is 16.9 Å². The van der Waals surface area contributed by atoms with Gasteiger partial charge in [0.05, 0.1) is 11.5 Å². The molecular formula is C19H30N2O4S. The molecule has 1 atom stereocenters. The van der Waals surface area contributed by atoms with Gasteiger partial charge in [-0.3, -0.25) is 0 Å². The van der Waals surface area contributed by atoms with Gasteiger partial charge in [0.15, 0.2) is 16.6 Å². The lowest BCUT2D eigenvalue weighted by Gasteiger charge is -2.27. The maximum atomic E-state index is 12.4. The Labute approximate surface area is 156 Å². The van der Waals surface area contributed by atoms with Crippen LogP contribution in [0.4, 0.5) is 4.79 Å². The van der Waals surface area contributed by atoms with Crippen LogP contribution in [0.5, 0.6) is 5.75 Å². The predicted molar refractivity (Wildman–Crippen MR) is 103 cm³/mol. The van der Waals surface area contributed by atoms with E-state index in [4.69, 9.17) is 4.74 Å². The van der Waals surface area contributed by atoms with Crippen LogP contribution in [-0.2, 0) is 15.3 Å². The van der Waals surface area contributed by atoms with E-state index in [1.807, 2.05) is 26.0 Å². The number of hydrogen-bond donors (Lipinski definition) is 1. The van der Waals surface area contributed by atoms with Crippen molar-refractivity contribution in [3.63, 3.8) is 0 Å². The zero-order chi connectivity index (χ0) is 19.5. The largest absolute Gasteiger partial charge is 0.473 e. The average molecular weight is 383 g/mol. The van der Waals surface area contributed by atoms with E-state index in [9.17, 15) is 13.2 Å². The highest BCUT2D eigenvalue weighted by Gasteiger charge is 2.33. The molecule has 7 heteroatoms. The Morgan fingerprint density at radius 3 is 2.58 bits per heavy atom. The molecule has 1 heterocycles. The van der Waals surface area contributed by atoms with Crippen LogP contribution in [0.15, 0.2) is 18.2 Å². The first-order valence-corrected chi connectivity index (χ1v) is 10.8. The summed E-state index contributed by atoms with van der Waals surface area (Å²) in [7, 11) is -3.03. The second-order valence-electron chi connectivity index (χ2n) is 7.86. The van der Waals surface area contributed by atoms with Crippen molar-refractivity contribution >= 4 is 15.9 Å². The third-order valence-corrected chi connectivity index (χ3v) is 6.40. The molecule has 26 heavy (non-hydrogen) atoms. The van der Waals surface area contributed by atoms with Crippen LogP contribution in [-0.4, -0.2) is 50.2 Å². The number of hydrogen-bond acceptors (Lipinski definition) is 4. The van der Waals surface area contributed by atoms with Gasteiger partial charge in [0.1, 0.15) is 5.75 Å². The molecular weight excluding hydrogens is 352 g/mol. The first kappa shape index (κ1) is 20.6. The summed E-state index contributed by atoms with van der Waals surface area (Å²) in [5.41, 5.74) is 2.17. The minimum atomic E-state index is -3.03. The number of rotatable bonds is 5. The predicted octanol–water partition coefficient (Wildman–Crippen LogP) is 2.85. The Morgan fingerprint density at radius 1 is 1.35 bits per heavy atom. The summed E-state index contributed by atoms with van der Waals surface area (Å²) in [5.74, 6) is 0.937. The van der Waals surface area contributed by atoms with Gasteiger partial charge < -0.3 is 15.0 Å². The molecule has 1 saturated heterocycles. The van der Waals surface area contributed by atoms with Crippen molar-refractivity contribution < 1.29 is 17.9 Å². The van der Waals surface area contributed by atoms with Gasteiger partial charge in [-0.1, -0.05) is 38.5 Å². The van der Waals surface area contributed by atoms with Gasteiger partial charge >= 0.3 is 6.03 Å². The van der Waals surface area contributed by atoms with Crippen LogP contribution in [0.3, 0.4) is 0 Å². The zero-order valence-electron chi connectivity index (χ0n) is 16.3. The number of urea groups is 1. The quantitative estimate of drug-likeness (QED) is 0.795. The highest BCUT2D eigenvalue weighted by Crippen LogP contribution is 2.32. The second kappa shape index (κ2) is 7.86. The van der Waals surface area contributed by atoms with Crippen LogP contribution in [0, 0.1) is 6.92 Å². The molecule has 1 aliphatic heterocycles. The smallest absolute Gasteiger partial charge is 0.320 e. The molecule has 6 nitrogen and oxygen atoms in total. The highest BCUT2D eigenvalue weighted by atomic mass is 32.2. The van der Waals surface area contributed by atoms with E-state index in [0.29, 0.717) is 13.0 Å². The average Bonchev–Trinajstić information content (AvgIpc) is 2.88. The lowest BCUT2D eigenvalue weighted by Crippen LogP contribution is -2.47. The molecule has 2 rings (SSSR count). The summed E-state index contributed by atoms with van der Waals surface area (Å²) in [6, 6.07) is 5.45. The van der Waals surface area contributed by atoms with E-state index in [1.165, 1.54) is 0 Å². The van der Waals surface area contributed by atoms with E-state index < -0.39 is 9.84 Å². The number of amides is 2. The summed E-state index contributed by atoms with van der Waals surface area (Å²) in [5, 5.41) is 2.75. The van der Waals surface area contributed by atoms with Crippen molar-refractivity contribution in [2.75, 3.05) is 24.8 Å². The van der Waals surface area contributed by atoms with Gasteiger partial charge in [-0.05, 0) is 37.3 Å². The van der Waals surface area contributed by atoms with Crippen LogP contribution < -0.4 is 10.1 Å². The SMILES string of the molecule is CCN(C(=O)NCOc1ccc(C)cc1C(C)(C)C)C1CCS(=O)(=O)C1. The molecule has 1 N–H and O–H groups in total. The third-order valence-electron chi connectivity index (χ3n) is 4.64. The van der Waals surface area contributed by atoms with Gasteiger partial charge in [0.2, 0.25) is 0 Å². The zero-order valence-corrected chi connectivity index (χ0v) is 17.1. The Balaban J connectivity index is 1.98. The van der Waals surface area contributed by atoms with E-state index in [1.54, 1.807) is 4.90 Å². The van der Waals surface area contributed by atoms with Crippen molar-refractivity contribution in [1.29, 1.82) is 0 Å². The topological polar surface area (TPSA) is 75.7 Å². The first-order valence-electron chi connectivity index (χ1n) is 9.02. The van der Waals surface area contributed by atoms with Crippen molar-refractivity contribution in [3.8, 4) is 5.75 Å². The van der Waals surface area contributed by atoms with Crippen LogP contribution in [0.1, 0.15) is 45.2 Å². The van der Waals surface area contributed by atoms with Gasteiger partial charge in [-0.2, -0.15) is 0 Å². The molecule has 1 aliphatic rings. The van der Waals surface area contributed by atoms with Crippen LogP contribution >= 0.6 is 0 Å². The number of nitrogens with zero attached hydrogens (tertiary/aromatic N) is 1. The van der Waals surface area contributed by atoms with E-state index >= 15 is 0 Å². The van der Waals surface area contributed by atoms with Gasteiger partial charge in [-0.25, -0.2) is 13.2 Å². The fraction of sp³-hybridized carbons (Fsp3) is 0.632. The molecule has 0 saturated carbocycles. The summed E-state index contributed by atoms with van der Waals surface area (Å²) in [6.07, 6.45) is 0.497. The van der Waals surface area contributed by atoms with Gasteiger partial charge in [0, 0.05) is 12.6 Å². The Bertz CT molecular complexity index is 753. The molecule has 0 spiro atoms. The molecule has 1 aromatic rings. The maximum Gasteiger partial charge on any atom is 0.320 e. The standard InChI is InChI=1S/C19H30N2O4S/c1-6-21(15-9-10-26(23,24)12-15)18(22)20-13-25-17-8-7-14(2)11-16(17)19(3,4)5/h7-8,11,15H,6,9-10,12-13H2,1-5H3,(H,20,22). The molecule has 146 valence electrons. The van der Waals surface area contributed by atoms with Crippen LogP contribution in [0.2, 0.25) is 0 Å². The Hall–Kier alpha value is -1.76. The van der Waals surface area contributed by atoms with E-state index in [2.05, 4.69) is 32.2 Å². The fourth-order valence-corrected chi connectivity index (χ4v) is 4.95.